The molecule has 0 bridgehead atoms. The lowest BCUT2D eigenvalue weighted by atomic mass is 9.99. The molecule has 3 aromatic rings. The van der Waals surface area contributed by atoms with Crippen molar-refractivity contribution in [3.8, 4) is 0 Å². The average molecular weight is 372 g/mol. The van der Waals surface area contributed by atoms with Crippen molar-refractivity contribution < 1.29 is 17.6 Å². The van der Waals surface area contributed by atoms with Crippen LogP contribution in [0.2, 0.25) is 0 Å². The summed E-state index contributed by atoms with van der Waals surface area (Å²) in [5, 5.41) is 1.06. The fraction of sp³-hybridized carbons (Fsp3) is 0.316. The Hall–Kier alpha value is -2.22. The molecule has 26 heavy (non-hydrogen) atoms. The second-order valence-corrected chi connectivity index (χ2v) is 8.43. The Kier molecular flexibility index (Phi) is 4.76. The van der Waals surface area contributed by atoms with Crippen molar-refractivity contribution in [3.63, 3.8) is 0 Å². The zero-order chi connectivity index (χ0) is 18.0. The minimum absolute atomic E-state index is 0.0800. The van der Waals surface area contributed by atoms with Crippen LogP contribution in [0.4, 0.5) is 0 Å². The molecule has 0 N–H and O–H groups in total. The molecule has 1 aromatic carbocycles. The lowest BCUT2D eigenvalue weighted by molar-refractivity contribution is 0.123. The smallest absolute Gasteiger partial charge is 0.244 e. The summed E-state index contributed by atoms with van der Waals surface area (Å²) in [7, 11) is -3.56. The monoisotopic (exact) mass is 372 g/mol. The molecule has 0 amide bonds. The number of aromatic nitrogens is 1. The molecule has 0 radical (unpaired) electrons. The molecule has 1 saturated heterocycles. The molecule has 0 spiro atoms. The highest BCUT2D eigenvalue weighted by molar-refractivity contribution is 7.89. The second-order valence-electron chi connectivity index (χ2n) is 6.49. The van der Waals surface area contributed by atoms with Crippen LogP contribution in [-0.4, -0.2) is 44.0 Å². The molecular formula is C19H20N2O4S. The number of pyridine rings is 1. The first-order chi connectivity index (χ1) is 12.6. The highest BCUT2D eigenvalue weighted by Gasteiger charge is 2.29. The number of ether oxygens (including phenoxy) is 1. The van der Waals surface area contributed by atoms with Crippen molar-refractivity contribution in [1.29, 1.82) is 0 Å². The van der Waals surface area contributed by atoms with E-state index in [9.17, 15) is 8.42 Å². The van der Waals surface area contributed by atoms with Gasteiger partial charge in [-0.2, -0.15) is 4.31 Å². The summed E-state index contributed by atoms with van der Waals surface area (Å²) < 4.78 is 38.4. The normalized spacial score (nSPS) is 19.5. The van der Waals surface area contributed by atoms with Gasteiger partial charge < -0.3 is 9.15 Å². The van der Waals surface area contributed by atoms with E-state index in [1.165, 1.54) is 10.5 Å². The van der Waals surface area contributed by atoms with E-state index < -0.39 is 10.0 Å². The van der Waals surface area contributed by atoms with Gasteiger partial charge in [-0.25, -0.2) is 8.42 Å². The fourth-order valence-corrected chi connectivity index (χ4v) is 4.76. The van der Waals surface area contributed by atoms with Crippen LogP contribution < -0.4 is 0 Å². The number of sulfonamides is 1. The average Bonchev–Trinajstić information content (AvgIpc) is 2.99. The van der Waals surface area contributed by atoms with E-state index in [0.717, 1.165) is 23.0 Å². The van der Waals surface area contributed by atoms with Crippen LogP contribution >= 0.6 is 0 Å². The molecule has 7 heteroatoms. The van der Waals surface area contributed by atoms with Crippen molar-refractivity contribution in [1.82, 2.24) is 9.29 Å². The third-order valence-electron chi connectivity index (χ3n) is 4.62. The molecule has 0 saturated carbocycles. The maximum Gasteiger partial charge on any atom is 0.244 e. The number of furan rings is 1. The van der Waals surface area contributed by atoms with Gasteiger partial charge in [0.05, 0.1) is 19.5 Å². The van der Waals surface area contributed by atoms with Gasteiger partial charge in [-0.1, -0.05) is 12.1 Å². The molecule has 3 heterocycles. The second kappa shape index (κ2) is 7.19. The van der Waals surface area contributed by atoms with E-state index in [1.807, 2.05) is 18.2 Å². The number of nitrogens with zero attached hydrogens (tertiary/aromatic N) is 2. The predicted molar refractivity (Wildman–Crippen MR) is 97.2 cm³/mol. The summed E-state index contributed by atoms with van der Waals surface area (Å²) in [4.78, 5) is 4.15. The largest absolute Gasteiger partial charge is 0.464 e. The standard InChI is InChI=1S/C19H20N2O4S/c22-26(23,18-2-1-6-20-12-18)21-7-9-24-14-16(13-21)10-15-3-4-17-5-8-25-19(17)11-15/h1-6,8,11-12,16H,7,9-10,13-14H2/t16-/m1/s1. The number of hydrogen-bond donors (Lipinski definition) is 0. The van der Waals surface area contributed by atoms with Crippen LogP contribution in [-0.2, 0) is 21.2 Å². The summed E-state index contributed by atoms with van der Waals surface area (Å²) >= 11 is 0. The van der Waals surface area contributed by atoms with Crippen molar-refractivity contribution >= 4 is 21.0 Å². The quantitative estimate of drug-likeness (QED) is 0.704. The summed E-state index contributed by atoms with van der Waals surface area (Å²) in [6, 6.07) is 11.2. The molecule has 4 rings (SSSR count). The SMILES string of the molecule is O=S(=O)(c1cccnc1)N1CCOC[C@H](Cc2ccc3ccoc3c2)C1. The molecule has 6 nitrogen and oxygen atoms in total. The maximum absolute atomic E-state index is 12.9. The van der Waals surface area contributed by atoms with Gasteiger partial charge in [0.25, 0.3) is 0 Å². The van der Waals surface area contributed by atoms with E-state index in [1.54, 1.807) is 24.6 Å². The van der Waals surface area contributed by atoms with Crippen molar-refractivity contribution in [2.75, 3.05) is 26.3 Å². The van der Waals surface area contributed by atoms with E-state index in [-0.39, 0.29) is 10.8 Å². The summed E-state index contributed by atoms with van der Waals surface area (Å²) in [5.74, 6) is 0.0800. The minimum Gasteiger partial charge on any atom is -0.464 e. The van der Waals surface area contributed by atoms with Gasteiger partial charge in [-0.3, -0.25) is 4.98 Å². The Bertz CT molecular complexity index is 985. The highest BCUT2D eigenvalue weighted by atomic mass is 32.2. The molecule has 1 atom stereocenters. The third kappa shape index (κ3) is 3.51. The van der Waals surface area contributed by atoms with Gasteiger partial charge in [0.15, 0.2) is 0 Å². The van der Waals surface area contributed by atoms with E-state index in [0.29, 0.717) is 26.3 Å². The van der Waals surface area contributed by atoms with Gasteiger partial charge in [0, 0.05) is 36.8 Å². The van der Waals surface area contributed by atoms with Crippen LogP contribution in [0.25, 0.3) is 11.0 Å². The zero-order valence-electron chi connectivity index (χ0n) is 14.2. The zero-order valence-corrected chi connectivity index (χ0v) is 15.1. The van der Waals surface area contributed by atoms with E-state index in [4.69, 9.17) is 9.15 Å². The third-order valence-corrected chi connectivity index (χ3v) is 6.47. The topological polar surface area (TPSA) is 72.6 Å². The Balaban J connectivity index is 1.54. The lowest BCUT2D eigenvalue weighted by Gasteiger charge is -2.23. The Labute approximate surface area is 152 Å². The van der Waals surface area contributed by atoms with Gasteiger partial charge >= 0.3 is 0 Å². The minimum atomic E-state index is -3.56. The molecule has 1 fully saturated rings. The molecule has 0 unspecified atom stereocenters. The maximum atomic E-state index is 12.9. The number of fused-ring (bicyclic) bond motifs is 1. The van der Waals surface area contributed by atoms with Crippen LogP contribution in [0.1, 0.15) is 5.56 Å². The Morgan fingerprint density at radius 1 is 1.23 bits per heavy atom. The molecular weight excluding hydrogens is 352 g/mol. The highest BCUT2D eigenvalue weighted by Crippen LogP contribution is 2.23. The molecule has 1 aliphatic heterocycles. The predicted octanol–water partition coefficient (Wildman–Crippen LogP) is 2.71. The van der Waals surface area contributed by atoms with Crippen LogP contribution in [0.3, 0.4) is 0 Å². The van der Waals surface area contributed by atoms with Crippen molar-refractivity contribution in [3.05, 3.63) is 60.6 Å². The Morgan fingerprint density at radius 2 is 2.15 bits per heavy atom. The summed E-state index contributed by atoms with van der Waals surface area (Å²) in [6.07, 6.45) is 5.36. The molecule has 2 aromatic heterocycles. The van der Waals surface area contributed by atoms with Gasteiger partial charge in [-0.15, -0.1) is 0 Å². The first-order valence-electron chi connectivity index (χ1n) is 8.57. The Morgan fingerprint density at radius 3 is 3.00 bits per heavy atom. The van der Waals surface area contributed by atoms with Crippen LogP contribution in [0.15, 0.2) is 64.4 Å². The lowest BCUT2D eigenvalue weighted by Crippen LogP contribution is -2.36. The first-order valence-corrected chi connectivity index (χ1v) is 10.0. The molecule has 0 aliphatic carbocycles. The molecule has 136 valence electrons. The van der Waals surface area contributed by atoms with Crippen LogP contribution in [0, 0.1) is 5.92 Å². The molecule has 1 aliphatic rings. The number of benzene rings is 1. The first kappa shape index (κ1) is 17.2. The van der Waals surface area contributed by atoms with Gasteiger partial charge in [0.1, 0.15) is 10.5 Å². The van der Waals surface area contributed by atoms with Gasteiger partial charge in [-0.05, 0) is 36.2 Å². The number of hydrogen-bond acceptors (Lipinski definition) is 5. The van der Waals surface area contributed by atoms with E-state index >= 15 is 0 Å². The fourth-order valence-electron chi connectivity index (χ4n) is 3.30. The van der Waals surface area contributed by atoms with Gasteiger partial charge in [0.2, 0.25) is 10.0 Å². The number of rotatable bonds is 4. The summed E-state index contributed by atoms with van der Waals surface area (Å²) in [6.45, 7) is 1.71. The van der Waals surface area contributed by atoms with Crippen LogP contribution in [0.5, 0.6) is 0 Å². The van der Waals surface area contributed by atoms with E-state index in [2.05, 4.69) is 11.1 Å². The van der Waals surface area contributed by atoms with Crippen molar-refractivity contribution in [2.24, 2.45) is 5.92 Å². The van der Waals surface area contributed by atoms with Crippen molar-refractivity contribution in [2.45, 2.75) is 11.3 Å². The summed E-state index contributed by atoms with van der Waals surface area (Å²) in [5.41, 5.74) is 1.96.